The number of aromatic nitrogens is 1. The molecule has 0 radical (unpaired) electrons. The maximum Gasteiger partial charge on any atom is 0.410 e. The van der Waals surface area contributed by atoms with Gasteiger partial charge in [0, 0.05) is 50.8 Å². The highest BCUT2D eigenvalue weighted by Crippen LogP contribution is 2.12. The first kappa shape index (κ1) is 22.9. The van der Waals surface area contributed by atoms with Gasteiger partial charge in [-0.25, -0.2) is 4.79 Å². The quantitative estimate of drug-likeness (QED) is 0.691. The lowest BCUT2D eigenvalue weighted by Crippen LogP contribution is -2.50. The molecule has 1 aliphatic heterocycles. The molecule has 7 heteroatoms. The minimum Gasteiger partial charge on any atom is -0.444 e. The number of amides is 2. The molecule has 0 spiro atoms. The first-order valence-corrected chi connectivity index (χ1v) is 11.0. The van der Waals surface area contributed by atoms with Crippen molar-refractivity contribution in [3.63, 3.8) is 0 Å². The highest BCUT2D eigenvalue weighted by atomic mass is 16.6. The van der Waals surface area contributed by atoms with Crippen LogP contribution in [0, 0.1) is 0 Å². The minimum absolute atomic E-state index is 0.0449. The first-order chi connectivity index (χ1) is 14.8. The first-order valence-electron chi connectivity index (χ1n) is 11.0. The summed E-state index contributed by atoms with van der Waals surface area (Å²) in [7, 11) is 0. The summed E-state index contributed by atoms with van der Waals surface area (Å²) in [5, 5.41) is 3.01. The highest BCUT2D eigenvalue weighted by molar-refractivity contribution is 5.78. The van der Waals surface area contributed by atoms with Gasteiger partial charge < -0.3 is 19.5 Å². The van der Waals surface area contributed by atoms with E-state index < -0.39 is 5.60 Å². The number of nitrogens with zero attached hydrogens (tertiary/aromatic N) is 3. The Morgan fingerprint density at radius 1 is 1.00 bits per heavy atom. The molecule has 31 heavy (non-hydrogen) atoms. The Morgan fingerprint density at radius 2 is 1.65 bits per heavy atom. The van der Waals surface area contributed by atoms with Crippen LogP contribution in [0.15, 0.2) is 48.8 Å². The van der Waals surface area contributed by atoms with E-state index in [9.17, 15) is 9.59 Å². The van der Waals surface area contributed by atoms with Gasteiger partial charge in [0.25, 0.3) is 0 Å². The molecule has 1 fully saturated rings. The second-order valence-corrected chi connectivity index (χ2v) is 8.95. The van der Waals surface area contributed by atoms with Gasteiger partial charge in [0.15, 0.2) is 0 Å². The van der Waals surface area contributed by atoms with E-state index in [1.807, 2.05) is 74.1 Å². The second-order valence-electron chi connectivity index (χ2n) is 8.95. The molecule has 0 unspecified atom stereocenters. The summed E-state index contributed by atoms with van der Waals surface area (Å²) < 4.78 is 7.47. The van der Waals surface area contributed by atoms with Crippen LogP contribution in [0.5, 0.6) is 0 Å². The normalized spacial score (nSPS) is 15.0. The lowest BCUT2D eigenvalue weighted by Gasteiger charge is -2.35. The molecule has 1 aromatic heterocycles. The zero-order chi connectivity index (χ0) is 22.3. The smallest absolute Gasteiger partial charge is 0.410 e. The van der Waals surface area contributed by atoms with E-state index in [-0.39, 0.29) is 12.0 Å². The van der Waals surface area contributed by atoms with Crippen molar-refractivity contribution in [2.75, 3.05) is 39.3 Å². The lowest BCUT2D eigenvalue weighted by atomic mass is 10.1. The van der Waals surface area contributed by atoms with Crippen molar-refractivity contribution in [3.05, 3.63) is 54.4 Å². The van der Waals surface area contributed by atoms with Crippen LogP contribution in [-0.4, -0.2) is 71.2 Å². The van der Waals surface area contributed by atoms with Gasteiger partial charge in [0.2, 0.25) is 5.91 Å². The predicted molar refractivity (Wildman–Crippen MR) is 121 cm³/mol. The van der Waals surface area contributed by atoms with Crippen LogP contribution in [0.3, 0.4) is 0 Å². The van der Waals surface area contributed by atoms with Crippen LogP contribution < -0.4 is 5.32 Å². The number of ether oxygens (including phenoxy) is 1. The summed E-state index contributed by atoms with van der Waals surface area (Å²) in [6.07, 6.45) is 5.05. The zero-order valence-electron chi connectivity index (χ0n) is 18.8. The van der Waals surface area contributed by atoms with E-state index in [0.717, 1.165) is 37.3 Å². The van der Waals surface area contributed by atoms with Gasteiger partial charge in [0.05, 0.1) is 6.42 Å². The number of nitrogens with one attached hydrogen (secondary N) is 1. The maximum absolute atomic E-state index is 12.2. The fraction of sp³-hybridized carbons (Fsp3) is 0.500. The third-order valence-electron chi connectivity index (χ3n) is 5.20. The van der Waals surface area contributed by atoms with Gasteiger partial charge in [-0.05, 0) is 63.6 Å². The number of hydrogen-bond donors (Lipinski definition) is 1. The second kappa shape index (κ2) is 10.5. The summed E-state index contributed by atoms with van der Waals surface area (Å²) in [5.41, 5.74) is 1.63. The fourth-order valence-corrected chi connectivity index (χ4v) is 3.55. The van der Waals surface area contributed by atoms with Crippen LogP contribution in [-0.2, 0) is 16.0 Å². The molecule has 3 rings (SSSR count). The van der Waals surface area contributed by atoms with Crippen molar-refractivity contribution < 1.29 is 14.3 Å². The number of hydrogen-bond acceptors (Lipinski definition) is 4. The van der Waals surface area contributed by atoms with Crippen LogP contribution in [0.1, 0.15) is 32.8 Å². The summed E-state index contributed by atoms with van der Waals surface area (Å²) in [6, 6.07) is 12.0. The highest BCUT2D eigenvalue weighted by Gasteiger charge is 2.25. The summed E-state index contributed by atoms with van der Waals surface area (Å²) in [6.45, 7) is 10.2. The van der Waals surface area contributed by atoms with E-state index in [1.165, 1.54) is 0 Å². The van der Waals surface area contributed by atoms with E-state index in [2.05, 4.69) is 10.2 Å². The van der Waals surface area contributed by atoms with E-state index in [0.29, 0.717) is 26.1 Å². The van der Waals surface area contributed by atoms with Gasteiger partial charge in [-0.15, -0.1) is 0 Å². The van der Waals surface area contributed by atoms with E-state index in [4.69, 9.17) is 4.74 Å². The van der Waals surface area contributed by atoms with Crippen molar-refractivity contribution in [2.45, 2.75) is 39.2 Å². The summed E-state index contributed by atoms with van der Waals surface area (Å²) in [4.78, 5) is 28.4. The van der Waals surface area contributed by atoms with E-state index in [1.54, 1.807) is 4.90 Å². The largest absolute Gasteiger partial charge is 0.444 e. The molecule has 1 N–H and O–H groups in total. The average molecular weight is 427 g/mol. The maximum atomic E-state index is 12.2. The fourth-order valence-electron chi connectivity index (χ4n) is 3.55. The molecule has 1 aromatic carbocycles. The molecule has 0 aliphatic carbocycles. The van der Waals surface area contributed by atoms with Crippen LogP contribution in [0.2, 0.25) is 0 Å². The number of piperazine rings is 1. The van der Waals surface area contributed by atoms with Crippen molar-refractivity contribution in [3.8, 4) is 5.69 Å². The Balaban J connectivity index is 1.30. The Hall–Kier alpha value is -2.80. The Kier molecular flexibility index (Phi) is 7.74. The molecule has 1 aliphatic rings. The minimum atomic E-state index is -0.461. The van der Waals surface area contributed by atoms with Crippen molar-refractivity contribution >= 4 is 12.0 Å². The standard InChI is InChI=1S/C24H34N4O3/c1-24(2,3)31-23(30)28-17-15-26(16-18-28)12-6-11-25-22(29)19-20-7-9-21(10-8-20)27-13-4-5-14-27/h4-5,7-10,13-14H,6,11-12,15-19H2,1-3H3,(H,25,29). The van der Waals surface area contributed by atoms with Crippen molar-refractivity contribution in [1.82, 2.24) is 19.7 Å². The van der Waals surface area contributed by atoms with Gasteiger partial charge in [0.1, 0.15) is 5.60 Å². The SMILES string of the molecule is CC(C)(C)OC(=O)N1CCN(CCCNC(=O)Cc2ccc(-n3cccc3)cc2)CC1. The number of benzene rings is 1. The number of rotatable bonds is 7. The van der Waals surface area contributed by atoms with Gasteiger partial charge in [-0.2, -0.15) is 0 Å². The molecule has 168 valence electrons. The molecule has 0 atom stereocenters. The Morgan fingerprint density at radius 3 is 2.26 bits per heavy atom. The predicted octanol–water partition coefficient (Wildman–Crippen LogP) is 3.08. The number of carbonyl (C=O) groups is 2. The monoisotopic (exact) mass is 426 g/mol. The molecular formula is C24H34N4O3. The van der Waals surface area contributed by atoms with Crippen LogP contribution >= 0.6 is 0 Å². The third kappa shape index (κ3) is 7.43. The van der Waals surface area contributed by atoms with Gasteiger partial charge in [-0.3, -0.25) is 9.69 Å². The van der Waals surface area contributed by atoms with Gasteiger partial charge in [-0.1, -0.05) is 12.1 Å². The molecular weight excluding hydrogens is 392 g/mol. The molecule has 0 bridgehead atoms. The summed E-state index contributed by atoms with van der Waals surface area (Å²) >= 11 is 0. The molecule has 2 amide bonds. The molecule has 2 aromatic rings. The van der Waals surface area contributed by atoms with Crippen LogP contribution in [0.25, 0.3) is 5.69 Å². The van der Waals surface area contributed by atoms with Crippen molar-refractivity contribution in [1.29, 1.82) is 0 Å². The molecule has 0 saturated carbocycles. The summed E-state index contributed by atoms with van der Waals surface area (Å²) in [5.74, 6) is 0.0449. The lowest BCUT2D eigenvalue weighted by molar-refractivity contribution is -0.120. The average Bonchev–Trinajstić information content (AvgIpc) is 3.26. The van der Waals surface area contributed by atoms with Crippen molar-refractivity contribution in [2.24, 2.45) is 0 Å². The topological polar surface area (TPSA) is 66.8 Å². The number of carbonyl (C=O) groups excluding carboxylic acids is 2. The Bertz CT molecular complexity index is 833. The van der Waals surface area contributed by atoms with Crippen LogP contribution in [0.4, 0.5) is 4.79 Å². The van der Waals surface area contributed by atoms with Gasteiger partial charge >= 0.3 is 6.09 Å². The Labute approximate surface area is 185 Å². The molecule has 7 nitrogen and oxygen atoms in total. The molecule has 1 saturated heterocycles. The van der Waals surface area contributed by atoms with E-state index >= 15 is 0 Å². The zero-order valence-corrected chi connectivity index (χ0v) is 18.8. The molecule has 2 heterocycles. The third-order valence-corrected chi connectivity index (χ3v) is 5.20.